The minimum absolute atomic E-state index is 0.0354. The minimum Gasteiger partial charge on any atom is -0.298 e. The number of halogens is 1. The van der Waals surface area contributed by atoms with Crippen LogP contribution in [0.25, 0.3) is 6.08 Å². The predicted molar refractivity (Wildman–Crippen MR) is 129 cm³/mol. The minimum atomic E-state index is -0.501. The normalized spacial score (nSPS) is 15.4. The zero-order chi connectivity index (χ0) is 22.0. The van der Waals surface area contributed by atoms with Crippen LogP contribution in [0.4, 0.5) is 5.69 Å². The Morgan fingerprint density at radius 1 is 0.968 bits per heavy atom. The number of carbonyl (C=O) groups excluding carboxylic acids is 2. The van der Waals surface area contributed by atoms with Crippen LogP contribution in [0.2, 0.25) is 5.02 Å². The molecule has 2 amide bonds. The lowest BCUT2D eigenvalue weighted by Crippen LogP contribution is -2.54. The highest BCUT2D eigenvalue weighted by molar-refractivity contribution is 7.99. The van der Waals surface area contributed by atoms with E-state index in [1.807, 2.05) is 73.7 Å². The third-order valence-electron chi connectivity index (χ3n) is 4.60. The van der Waals surface area contributed by atoms with Gasteiger partial charge < -0.3 is 0 Å². The molecule has 1 heterocycles. The molecule has 0 aliphatic carbocycles. The Bertz CT molecular complexity index is 1210. The summed E-state index contributed by atoms with van der Waals surface area (Å²) in [7, 11) is 0. The molecule has 0 unspecified atom stereocenters. The lowest BCUT2D eigenvalue weighted by Gasteiger charge is -2.29. The molecule has 1 aliphatic rings. The summed E-state index contributed by atoms with van der Waals surface area (Å²) in [6, 6.07) is 22.6. The summed E-state index contributed by atoms with van der Waals surface area (Å²) in [6.45, 7) is 1.93. The average molecular weight is 465 g/mol. The van der Waals surface area contributed by atoms with Crippen molar-refractivity contribution in [2.24, 2.45) is 0 Å². The molecule has 3 aromatic rings. The van der Waals surface area contributed by atoms with Crippen LogP contribution in [0.1, 0.15) is 11.1 Å². The van der Waals surface area contributed by atoms with Crippen molar-refractivity contribution in [3.63, 3.8) is 0 Å². The monoisotopic (exact) mass is 464 g/mol. The van der Waals surface area contributed by atoms with Gasteiger partial charge in [-0.1, -0.05) is 47.6 Å². The van der Waals surface area contributed by atoms with Gasteiger partial charge in [0.25, 0.3) is 11.8 Å². The first-order valence-corrected chi connectivity index (χ1v) is 11.0. The van der Waals surface area contributed by atoms with Crippen LogP contribution in [-0.4, -0.2) is 16.9 Å². The zero-order valence-electron chi connectivity index (χ0n) is 16.5. The first kappa shape index (κ1) is 21.3. The third kappa shape index (κ3) is 4.88. The van der Waals surface area contributed by atoms with Crippen LogP contribution in [0, 0.1) is 6.92 Å². The van der Waals surface area contributed by atoms with E-state index in [0.717, 1.165) is 20.9 Å². The van der Waals surface area contributed by atoms with Gasteiger partial charge >= 0.3 is 0 Å². The summed E-state index contributed by atoms with van der Waals surface area (Å²) in [5.74, 6) is -0.947. The smallest absolute Gasteiger partial charge is 0.270 e. The fourth-order valence-electron chi connectivity index (χ4n) is 3.10. The average Bonchev–Trinajstić information content (AvgIpc) is 2.74. The van der Waals surface area contributed by atoms with E-state index < -0.39 is 11.8 Å². The van der Waals surface area contributed by atoms with Crippen molar-refractivity contribution in [1.29, 1.82) is 0 Å². The molecular weight excluding hydrogens is 448 g/mol. The quantitative estimate of drug-likeness (QED) is 0.309. The highest BCUT2D eigenvalue weighted by Gasteiger charge is 2.34. The van der Waals surface area contributed by atoms with Crippen LogP contribution in [-0.2, 0) is 9.59 Å². The van der Waals surface area contributed by atoms with E-state index in [4.69, 9.17) is 23.8 Å². The number of anilines is 1. The SMILES string of the molecule is Cc1cccc(N2C(=O)/C(=C/c3ccc(Sc4ccc(Cl)cc4)cc3)C(=O)NC2=S)c1. The molecule has 4 nitrogen and oxygen atoms in total. The van der Waals surface area contributed by atoms with Gasteiger partial charge in [-0.25, -0.2) is 0 Å². The summed E-state index contributed by atoms with van der Waals surface area (Å²) in [5.41, 5.74) is 2.39. The van der Waals surface area contributed by atoms with Gasteiger partial charge in [-0.15, -0.1) is 0 Å². The summed E-state index contributed by atoms with van der Waals surface area (Å²) < 4.78 is 0. The molecule has 0 saturated carbocycles. The van der Waals surface area contributed by atoms with E-state index >= 15 is 0 Å². The topological polar surface area (TPSA) is 49.4 Å². The summed E-state index contributed by atoms with van der Waals surface area (Å²) in [5, 5.41) is 3.38. The van der Waals surface area contributed by atoms with Gasteiger partial charge in [-0.2, -0.15) is 0 Å². The first-order chi connectivity index (χ1) is 14.9. The van der Waals surface area contributed by atoms with E-state index in [1.54, 1.807) is 23.9 Å². The predicted octanol–water partition coefficient (Wildman–Crippen LogP) is 5.63. The second-order valence-electron chi connectivity index (χ2n) is 6.92. The number of thiocarbonyl (C=S) groups is 1. The summed E-state index contributed by atoms with van der Waals surface area (Å²) >= 11 is 12.8. The maximum absolute atomic E-state index is 13.1. The number of nitrogens with one attached hydrogen (secondary N) is 1. The standard InChI is InChI=1S/C24H17ClN2O2S2/c1-15-3-2-4-18(13-15)27-23(29)21(22(28)26-24(27)30)14-16-5-9-19(10-6-16)31-20-11-7-17(25)8-12-20/h2-14H,1H3,(H,26,28,30)/b21-14+. The summed E-state index contributed by atoms with van der Waals surface area (Å²) in [4.78, 5) is 29.0. The van der Waals surface area contributed by atoms with Gasteiger partial charge in [0.2, 0.25) is 0 Å². The molecule has 3 aromatic carbocycles. The van der Waals surface area contributed by atoms with Crippen LogP contribution >= 0.6 is 35.6 Å². The maximum Gasteiger partial charge on any atom is 0.270 e. The highest BCUT2D eigenvalue weighted by Crippen LogP contribution is 2.29. The van der Waals surface area contributed by atoms with Gasteiger partial charge in [-0.05, 0) is 84.9 Å². The Morgan fingerprint density at radius 2 is 1.61 bits per heavy atom. The Labute approximate surface area is 194 Å². The Morgan fingerprint density at radius 3 is 2.26 bits per heavy atom. The van der Waals surface area contributed by atoms with Crippen molar-refractivity contribution in [3.8, 4) is 0 Å². The van der Waals surface area contributed by atoms with E-state index in [9.17, 15) is 9.59 Å². The molecule has 31 heavy (non-hydrogen) atoms. The number of nitrogens with zero attached hydrogens (tertiary/aromatic N) is 1. The maximum atomic E-state index is 13.1. The van der Waals surface area contributed by atoms with Crippen LogP contribution in [0.15, 0.2) is 88.2 Å². The van der Waals surface area contributed by atoms with Gasteiger partial charge in [-0.3, -0.25) is 19.8 Å². The fourth-order valence-corrected chi connectivity index (χ4v) is 4.32. The van der Waals surface area contributed by atoms with Crippen LogP contribution < -0.4 is 10.2 Å². The third-order valence-corrected chi connectivity index (χ3v) is 6.15. The van der Waals surface area contributed by atoms with E-state index in [-0.39, 0.29) is 10.7 Å². The zero-order valence-corrected chi connectivity index (χ0v) is 18.9. The van der Waals surface area contributed by atoms with Crippen molar-refractivity contribution >= 4 is 64.3 Å². The highest BCUT2D eigenvalue weighted by atomic mass is 35.5. The van der Waals surface area contributed by atoms with Crippen molar-refractivity contribution in [1.82, 2.24) is 5.32 Å². The van der Waals surface area contributed by atoms with Gasteiger partial charge in [0, 0.05) is 14.8 Å². The molecule has 0 aromatic heterocycles. The largest absolute Gasteiger partial charge is 0.298 e. The molecule has 154 valence electrons. The van der Waals surface area contributed by atoms with E-state index in [0.29, 0.717) is 10.7 Å². The lowest BCUT2D eigenvalue weighted by molar-refractivity contribution is -0.122. The Balaban J connectivity index is 1.57. The molecule has 0 atom stereocenters. The van der Waals surface area contributed by atoms with Crippen molar-refractivity contribution in [2.75, 3.05) is 4.90 Å². The van der Waals surface area contributed by atoms with Crippen molar-refractivity contribution < 1.29 is 9.59 Å². The number of carbonyl (C=O) groups is 2. The molecule has 4 rings (SSSR count). The molecule has 1 N–H and O–H groups in total. The first-order valence-electron chi connectivity index (χ1n) is 9.42. The number of hydrogen-bond acceptors (Lipinski definition) is 4. The lowest BCUT2D eigenvalue weighted by atomic mass is 10.1. The number of rotatable bonds is 4. The molecule has 0 spiro atoms. The molecule has 0 radical (unpaired) electrons. The van der Waals surface area contributed by atoms with Crippen LogP contribution in [0.5, 0.6) is 0 Å². The number of benzene rings is 3. The van der Waals surface area contributed by atoms with E-state index in [1.165, 1.54) is 4.90 Å². The van der Waals surface area contributed by atoms with Crippen LogP contribution in [0.3, 0.4) is 0 Å². The van der Waals surface area contributed by atoms with Gasteiger partial charge in [0.1, 0.15) is 5.57 Å². The Kier molecular flexibility index (Phi) is 6.23. The Hall–Kier alpha value is -2.93. The second kappa shape index (κ2) is 9.06. The van der Waals surface area contributed by atoms with Gasteiger partial charge in [0.05, 0.1) is 5.69 Å². The number of amides is 2. The molecule has 7 heteroatoms. The molecular formula is C24H17ClN2O2S2. The van der Waals surface area contributed by atoms with E-state index in [2.05, 4.69) is 5.32 Å². The summed E-state index contributed by atoms with van der Waals surface area (Å²) in [6.07, 6.45) is 1.58. The fraction of sp³-hybridized carbons (Fsp3) is 0.0417. The molecule has 0 bridgehead atoms. The van der Waals surface area contributed by atoms with Crippen molar-refractivity contribution in [2.45, 2.75) is 16.7 Å². The molecule has 1 fully saturated rings. The second-order valence-corrected chi connectivity index (χ2v) is 8.89. The van der Waals surface area contributed by atoms with Crippen molar-refractivity contribution in [3.05, 3.63) is 94.5 Å². The number of hydrogen-bond donors (Lipinski definition) is 1. The molecule has 1 saturated heterocycles. The van der Waals surface area contributed by atoms with Gasteiger partial charge in [0.15, 0.2) is 5.11 Å². The number of aryl methyl sites for hydroxylation is 1. The molecule has 1 aliphatic heterocycles.